The Morgan fingerprint density at radius 1 is 0.863 bits per heavy atom. The van der Waals surface area contributed by atoms with Crippen molar-refractivity contribution in [3.63, 3.8) is 0 Å². The molecule has 0 radical (unpaired) electrons. The number of aryl methyl sites for hydroxylation is 1. The monoisotopic (exact) mass is 679 g/mol. The van der Waals surface area contributed by atoms with Crippen LogP contribution in [0.1, 0.15) is 41.0 Å². The number of hydrazine groups is 1. The Balaban J connectivity index is 1.32. The van der Waals surface area contributed by atoms with Gasteiger partial charge in [0.15, 0.2) is 11.5 Å². The van der Waals surface area contributed by atoms with Crippen LogP contribution in [0.4, 0.5) is 11.4 Å². The highest BCUT2D eigenvalue weighted by Crippen LogP contribution is 2.65. The molecular formula is C42H37N3O6. The highest BCUT2D eigenvalue weighted by molar-refractivity contribution is 6.22. The molecule has 4 aliphatic rings. The topological polar surface area (TPSA) is 116 Å². The standard InChI is InChI=1S/C42H37N3O6/c1-4-25-15-19-28(20-16-25)44-38(47)30-22-21-29-32(35(30)40(44)49)23-33-39(48)45(43-27-17-13-24(2)14-18-27)41(50)42(33,26-9-6-5-7-10-26)36(29)31-11-8-12-34(51-3)37(31)46/h4-21,30,32-33,35-36,43,46H,1,22-23H2,2-3H3/t30-,32+,33-,35-,36+,42+/m0/s1. The van der Waals surface area contributed by atoms with Crippen LogP contribution in [0.2, 0.25) is 0 Å². The molecule has 0 bridgehead atoms. The van der Waals surface area contributed by atoms with Gasteiger partial charge in [0, 0.05) is 11.5 Å². The fourth-order valence-corrected chi connectivity index (χ4v) is 9.04. The summed E-state index contributed by atoms with van der Waals surface area (Å²) in [6.07, 6.45) is 4.09. The largest absolute Gasteiger partial charge is 0.504 e. The molecular weight excluding hydrogens is 642 g/mol. The first-order valence-corrected chi connectivity index (χ1v) is 17.1. The number of imide groups is 2. The van der Waals surface area contributed by atoms with E-state index >= 15 is 4.79 Å². The van der Waals surface area contributed by atoms with Crippen molar-refractivity contribution in [1.29, 1.82) is 0 Å². The van der Waals surface area contributed by atoms with Crippen LogP contribution in [-0.2, 0) is 24.6 Å². The number of phenols is 1. The van der Waals surface area contributed by atoms with E-state index in [9.17, 15) is 19.5 Å². The number of nitrogens with one attached hydrogen (secondary N) is 1. The van der Waals surface area contributed by atoms with Gasteiger partial charge in [-0.2, -0.15) is 5.01 Å². The number of amides is 4. The predicted molar refractivity (Wildman–Crippen MR) is 192 cm³/mol. The average molecular weight is 680 g/mol. The van der Waals surface area contributed by atoms with Crippen LogP contribution in [0.3, 0.4) is 0 Å². The van der Waals surface area contributed by atoms with Gasteiger partial charge < -0.3 is 9.84 Å². The number of benzene rings is 4. The lowest BCUT2D eigenvalue weighted by molar-refractivity contribution is -0.138. The predicted octanol–water partition coefficient (Wildman–Crippen LogP) is 6.54. The minimum absolute atomic E-state index is 0.148. The molecule has 256 valence electrons. The number of phenolic OH excluding ortho intramolecular Hbond substituents is 1. The molecule has 4 amide bonds. The molecule has 2 saturated heterocycles. The normalized spacial score (nSPS) is 26.7. The summed E-state index contributed by atoms with van der Waals surface area (Å²) < 4.78 is 5.54. The second-order valence-corrected chi connectivity index (χ2v) is 13.8. The van der Waals surface area contributed by atoms with Gasteiger partial charge in [-0.15, -0.1) is 0 Å². The molecule has 3 fully saturated rings. The number of ether oxygens (including phenoxy) is 1. The molecule has 4 aromatic rings. The van der Waals surface area contributed by atoms with Crippen molar-refractivity contribution in [3.05, 3.63) is 138 Å². The summed E-state index contributed by atoms with van der Waals surface area (Å²) in [5.41, 5.74) is 6.30. The van der Waals surface area contributed by atoms with Crippen molar-refractivity contribution in [2.75, 3.05) is 17.4 Å². The van der Waals surface area contributed by atoms with Crippen LogP contribution < -0.4 is 15.1 Å². The number of carbonyl (C=O) groups excluding carboxylic acids is 4. The molecule has 2 aliphatic carbocycles. The smallest absolute Gasteiger partial charge is 0.260 e. The van der Waals surface area contributed by atoms with E-state index in [2.05, 4.69) is 12.0 Å². The maximum Gasteiger partial charge on any atom is 0.260 e. The minimum Gasteiger partial charge on any atom is -0.504 e. The molecule has 2 heterocycles. The zero-order chi connectivity index (χ0) is 35.6. The number of aromatic hydroxyl groups is 1. The number of fused-ring (bicyclic) bond motifs is 4. The van der Waals surface area contributed by atoms with E-state index in [4.69, 9.17) is 4.74 Å². The molecule has 4 aromatic carbocycles. The number of para-hydroxylation sites is 1. The van der Waals surface area contributed by atoms with Crippen molar-refractivity contribution in [2.24, 2.45) is 23.7 Å². The number of rotatable bonds is 7. The second-order valence-electron chi connectivity index (χ2n) is 13.8. The van der Waals surface area contributed by atoms with E-state index in [1.165, 1.54) is 12.0 Å². The van der Waals surface area contributed by atoms with Crippen LogP contribution in [0.25, 0.3) is 6.08 Å². The molecule has 0 aromatic heterocycles. The van der Waals surface area contributed by atoms with Gasteiger partial charge in [-0.25, -0.2) is 0 Å². The summed E-state index contributed by atoms with van der Waals surface area (Å²) in [5, 5.41) is 12.9. The Labute approximate surface area is 295 Å². The van der Waals surface area contributed by atoms with Gasteiger partial charge in [-0.05, 0) is 67.1 Å². The van der Waals surface area contributed by atoms with E-state index in [0.29, 0.717) is 22.5 Å². The first kappa shape index (κ1) is 32.3. The fourth-order valence-electron chi connectivity index (χ4n) is 9.04. The first-order valence-electron chi connectivity index (χ1n) is 17.1. The quantitative estimate of drug-likeness (QED) is 0.168. The third-order valence-electron chi connectivity index (χ3n) is 11.3. The van der Waals surface area contributed by atoms with Crippen molar-refractivity contribution >= 4 is 41.1 Å². The van der Waals surface area contributed by atoms with E-state index < -0.39 is 46.8 Å². The number of allylic oxidation sites excluding steroid dienone is 2. The molecule has 2 aliphatic heterocycles. The number of hydrogen-bond acceptors (Lipinski definition) is 7. The van der Waals surface area contributed by atoms with E-state index in [1.54, 1.807) is 36.4 Å². The summed E-state index contributed by atoms with van der Waals surface area (Å²) in [7, 11) is 1.46. The summed E-state index contributed by atoms with van der Waals surface area (Å²) in [5.74, 6) is -5.22. The molecule has 9 nitrogen and oxygen atoms in total. The number of methoxy groups -OCH3 is 1. The first-order chi connectivity index (χ1) is 24.7. The minimum atomic E-state index is -1.50. The Morgan fingerprint density at radius 2 is 1.59 bits per heavy atom. The summed E-state index contributed by atoms with van der Waals surface area (Å²) in [4.78, 5) is 59.9. The van der Waals surface area contributed by atoms with E-state index in [0.717, 1.165) is 21.7 Å². The van der Waals surface area contributed by atoms with Gasteiger partial charge in [0.2, 0.25) is 11.8 Å². The van der Waals surface area contributed by atoms with Crippen LogP contribution in [0.5, 0.6) is 11.5 Å². The lowest BCUT2D eigenvalue weighted by Crippen LogP contribution is -2.53. The Hall–Kier alpha value is -5.96. The lowest BCUT2D eigenvalue weighted by Gasteiger charge is -2.50. The number of anilines is 2. The Kier molecular flexibility index (Phi) is 7.67. The second kappa shape index (κ2) is 12.1. The zero-order valence-corrected chi connectivity index (χ0v) is 28.3. The maximum atomic E-state index is 15.3. The summed E-state index contributed by atoms with van der Waals surface area (Å²) >= 11 is 0. The molecule has 6 atom stereocenters. The van der Waals surface area contributed by atoms with Crippen LogP contribution >= 0.6 is 0 Å². The van der Waals surface area contributed by atoms with Crippen LogP contribution in [-0.4, -0.2) is 40.9 Å². The molecule has 2 N–H and O–H groups in total. The zero-order valence-electron chi connectivity index (χ0n) is 28.3. The summed E-state index contributed by atoms with van der Waals surface area (Å²) in [6, 6.07) is 28.9. The summed E-state index contributed by atoms with van der Waals surface area (Å²) in [6.45, 7) is 5.75. The molecule has 8 rings (SSSR count). The highest BCUT2D eigenvalue weighted by Gasteiger charge is 2.70. The van der Waals surface area contributed by atoms with Gasteiger partial charge in [0.1, 0.15) is 0 Å². The van der Waals surface area contributed by atoms with Gasteiger partial charge in [-0.1, -0.05) is 96.6 Å². The third kappa shape index (κ3) is 4.67. The Morgan fingerprint density at radius 3 is 2.27 bits per heavy atom. The Bertz CT molecular complexity index is 2130. The fraction of sp³-hybridized carbons (Fsp3) is 0.238. The molecule has 9 heteroatoms. The molecule has 1 saturated carbocycles. The van der Waals surface area contributed by atoms with Crippen molar-refractivity contribution in [1.82, 2.24) is 5.01 Å². The van der Waals surface area contributed by atoms with Gasteiger partial charge in [-0.3, -0.25) is 29.5 Å². The van der Waals surface area contributed by atoms with Crippen molar-refractivity contribution in [2.45, 2.75) is 31.1 Å². The van der Waals surface area contributed by atoms with Crippen LogP contribution in [0, 0.1) is 30.6 Å². The number of nitrogens with zero attached hydrogens (tertiary/aromatic N) is 2. The van der Waals surface area contributed by atoms with Crippen molar-refractivity contribution < 1.29 is 29.0 Å². The maximum absolute atomic E-state index is 15.3. The van der Waals surface area contributed by atoms with Crippen molar-refractivity contribution in [3.8, 4) is 11.5 Å². The number of carbonyl (C=O) groups is 4. The molecule has 51 heavy (non-hydrogen) atoms. The van der Waals surface area contributed by atoms with Crippen LogP contribution in [0.15, 0.2) is 115 Å². The van der Waals surface area contributed by atoms with E-state index in [1.807, 2.05) is 79.7 Å². The highest BCUT2D eigenvalue weighted by atomic mass is 16.5. The van der Waals surface area contributed by atoms with Gasteiger partial charge >= 0.3 is 0 Å². The SMILES string of the molecule is C=Cc1ccc(N2C(=O)[C@H]3[C@H](CC=C4[C@H]3C[C@H]3C(=O)N(Nc5ccc(C)cc5)C(=O)[C@@]3(c3ccccc3)[C@H]4c3cccc(OC)c3O)C2=O)cc1. The molecule has 0 spiro atoms. The molecule has 0 unspecified atom stereocenters. The van der Waals surface area contributed by atoms with Gasteiger partial charge in [0.05, 0.1) is 41.7 Å². The third-order valence-corrected chi connectivity index (χ3v) is 11.3. The van der Waals surface area contributed by atoms with Gasteiger partial charge in [0.25, 0.3) is 11.8 Å². The number of hydrogen-bond donors (Lipinski definition) is 2. The lowest BCUT2D eigenvalue weighted by atomic mass is 9.49. The average Bonchev–Trinajstić information content (AvgIpc) is 3.54. The van der Waals surface area contributed by atoms with E-state index in [-0.39, 0.29) is 36.2 Å².